The van der Waals surface area contributed by atoms with Gasteiger partial charge in [0.2, 0.25) is 0 Å². The quantitative estimate of drug-likeness (QED) is 0.739. The van der Waals surface area contributed by atoms with Gasteiger partial charge in [-0.2, -0.15) is 13.2 Å². The van der Waals surface area contributed by atoms with Crippen molar-refractivity contribution in [1.82, 2.24) is 10.3 Å². The van der Waals surface area contributed by atoms with Crippen molar-refractivity contribution in [1.29, 1.82) is 0 Å². The molecule has 0 atom stereocenters. The van der Waals surface area contributed by atoms with Gasteiger partial charge in [0.15, 0.2) is 5.13 Å². The largest absolute Gasteiger partial charge is 0.485 e. The Kier molecular flexibility index (Phi) is 3.18. The molecule has 0 bridgehead atoms. The molecule has 1 aromatic rings. The number of anilines is 1. The third-order valence-corrected chi connectivity index (χ3v) is 2.49. The maximum Gasteiger partial charge on any atom is 0.485 e. The standard InChI is InChI=1S/C7H8F3N3OS/c1-3-4(2)15-6(11-3)12-5(14)13-7(8,9)10/h1-2H3,(H2,11,12,13,14). The Morgan fingerprint density at radius 3 is 2.40 bits per heavy atom. The van der Waals surface area contributed by atoms with Crippen molar-refractivity contribution >= 4 is 22.5 Å². The summed E-state index contributed by atoms with van der Waals surface area (Å²) in [6.07, 6.45) is -4.73. The predicted octanol–water partition coefficient (Wildman–Crippen LogP) is 2.40. The van der Waals surface area contributed by atoms with Gasteiger partial charge in [0.05, 0.1) is 5.69 Å². The lowest BCUT2D eigenvalue weighted by molar-refractivity contribution is -0.144. The molecular formula is C7H8F3N3OS. The number of nitrogens with one attached hydrogen (secondary N) is 2. The number of halogens is 3. The van der Waals surface area contributed by atoms with Crippen molar-refractivity contribution < 1.29 is 18.0 Å². The Labute approximate surface area is 87.5 Å². The minimum atomic E-state index is -4.73. The number of thiazole rings is 1. The molecule has 0 unspecified atom stereocenters. The Morgan fingerprint density at radius 2 is 2.00 bits per heavy atom. The molecule has 0 spiro atoms. The van der Waals surface area contributed by atoms with Gasteiger partial charge >= 0.3 is 12.3 Å². The van der Waals surface area contributed by atoms with Gasteiger partial charge in [0.25, 0.3) is 0 Å². The number of hydrogen-bond donors (Lipinski definition) is 2. The van der Waals surface area contributed by atoms with Gasteiger partial charge < -0.3 is 0 Å². The lowest BCUT2D eigenvalue weighted by Gasteiger charge is -2.07. The second kappa shape index (κ2) is 4.05. The van der Waals surface area contributed by atoms with Crippen LogP contribution in [0.4, 0.5) is 23.1 Å². The topological polar surface area (TPSA) is 54.0 Å². The first-order valence-corrected chi connectivity index (χ1v) is 4.69. The van der Waals surface area contributed by atoms with Gasteiger partial charge in [-0.1, -0.05) is 0 Å². The molecule has 4 nitrogen and oxygen atoms in total. The molecule has 0 fully saturated rings. The van der Waals surface area contributed by atoms with E-state index in [2.05, 4.69) is 4.98 Å². The molecule has 1 heterocycles. The zero-order chi connectivity index (χ0) is 11.6. The number of amides is 2. The van der Waals surface area contributed by atoms with E-state index < -0.39 is 12.3 Å². The van der Waals surface area contributed by atoms with Gasteiger partial charge in [-0.05, 0) is 13.8 Å². The molecule has 0 aliphatic heterocycles. The highest BCUT2D eigenvalue weighted by Gasteiger charge is 2.30. The van der Waals surface area contributed by atoms with Crippen LogP contribution in [0.2, 0.25) is 0 Å². The Balaban J connectivity index is 2.59. The number of nitrogens with zero attached hydrogens (tertiary/aromatic N) is 1. The SMILES string of the molecule is Cc1nc(NC(=O)NC(F)(F)F)sc1C. The van der Waals surface area contributed by atoms with E-state index in [-0.39, 0.29) is 5.13 Å². The van der Waals surface area contributed by atoms with Crippen LogP contribution in [-0.2, 0) is 0 Å². The van der Waals surface area contributed by atoms with Crippen molar-refractivity contribution in [2.24, 2.45) is 0 Å². The molecule has 2 N–H and O–H groups in total. The summed E-state index contributed by atoms with van der Waals surface area (Å²) in [5.74, 6) is 0. The molecule has 0 aliphatic rings. The summed E-state index contributed by atoms with van der Waals surface area (Å²) in [4.78, 5) is 15.5. The van der Waals surface area contributed by atoms with E-state index in [0.29, 0.717) is 5.69 Å². The third-order valence-electron chi connectivity index (χ3n) is 1.50. The third kappa shape index (κ3) is 3.74. The first kappa shape index (κ1) is 11.8. The van der Waals surface area contributed by atoms with E-state index in [4.69, 9.17) is 0 Å². The minimum Gasteiger partial charge on any atom is -0.283 e. The highest BCUT2D eigenvalue weighted by atomic mass is 32.1. The fourth-order valence-electron chi connectivity index (χ4n) is 0.783. The summed E-state index contributed by atoms with van der Waals surface area (Å²) >= 11 is 1.12. The summed E-state index contributed by atoms with van der Waals surface area (Å²) in [5.41, 5.74) is 0.683. The van der Waals surface area contributed by atoms with Crippen LogP contribution >= 0.6 is 11.3 Å². The molecule has 2 amide bonds. The Morgan fingerprint density at radius 1 is 1.40 bits per heavy atom. The van der Waals surface area contributed by atoms with Crippen LogP contribution in [0.5, 0.6) is 0 Å². The van der Waals surface area contributed by atoms with Crippen molar-refractivity contribution in [3.05, 3.63) is 10.6 Å². The van der Waals surface area contributed by atoms with Crippen molar-refractivity contribution in [3.8, 4) is 0 Å². The zero-order valence-corrected chi connectivity index (χ0v) is 8.71. The average Bonchev–Trinajstić information content (AvgIpc) is 2.26. The Hall–Kier alpha value is -1.31. The molecule has 1 aromatic heterocycles. The van der Waals surface area contributed by atoms with Gasteiger partial charge in [0, 0.05) is 4.88 Å². The van der Waals surface area contributed by atoms with E-state index in [1.807, 2.05) is 5.32 Å². The van der Waals surface area contributed by atoms with E-state index >= 15 is 0 Å². The van der Waals surface area contributed by atoms with E-state index in [0.717, 1.165) is 21.5 Å². The molecule has 8 heteroatoms. The van der Waals surface area contributed by atoms with Crippen molar-refractivity contribution in [2.75, 3.05) is 5.32 Å². The van der Waals surface area contributed by atoms with E-state index in [1.165, 1.54) is 0 Å². The number of carbonyl (C=O) groups is 1. The van der Waals surface area contributed by atoms with E-state index in [1.54, 1.807) is 13.8 Å². The number of aryl methyl sites for hydroxylation is 2. The summed E-state index contributed by atoms with van der Waals surface area (Å²) in [7, 11) is 0. The summed E-state index contributed by atoms with van der Waals surface area (Å²) in [5, 5.41) is 2.96. The van der Waals surface area contributed by atoms with Crippen LogP contribution in [0.15, 0.2) is 0 Å². The molecule has 0 aliphatic carbocycles. The van der Waals surface area contributed by atoms with Gasteiger partial charge in [0.1, 0.15) is 0 Å². The van der Waals surface area contributed by atoms with Crippen molar-refractivity contribution in [3.63, 3.8) is 0 Å². The van der Waals surface area contributed by atoms with Gasteiger partial charge in [-0.25, -0.2) is 15.1 Å². The van der Waals surface area contributed by atoms with Crippen LogP contribution in [0, 0.1) is 13.8 Å². The number of aromatic nitrogens is 1. The number of urea groups is 1. The maximum atomic E-state index is 11.7. The highest BCUT2D eigenvalue weighted by Crippen LogP contribution is 2.21. The van der Waals surface area contributed by atoms with Crippen LogP contribution in [0.25, 0.3) is 0 Å². The molecule has 1 rings (SSSR count). The second-order valence-corrected chi connectivity index (χ2v) is 3.94. The predicted molar refractivity (Wildman–Crippen MR) is 49.8 cm³/mol. The second-order valence-electron chi connectivity index (χ2n) is 2.74. The van der Waals surface area contributed by atoms with Crippen LogP contribution in [0.3, 0.4) is 0 Å². The number of alkyl halides is 3. The monoisotopic (exact) mass is 239 g/mol. The lowest BCUT2D eigenvalue weighted by atomic mass is 10.4. The number of carbonyl (C=O) groups excluding carboxylic acids is 1. The lowest BCUT2D eigenvalue weighted by Crippen LogP contribution is -2.40. The van der Waals surface area contributed by atoms with Crippen LogP contribution in [-0.4, -0.2) is 17.3 Å². The fraction of sp³-hybridized carbons (Fsp3) is 0.429. The van der Waals surface area contributed by atoms with E-state index in [9.17, 15) is 18.0 Å². The fourth-order valence-corrected chi connectivity index (χ4v) is 1.59. The number of hydrogen-bond acceptors (Lipinski definition) is 3. The summed E-state index contributed by atoms with van der Waals surface area (Å²) in [6, 6.07) is -1.34. The normalized spacial score (nSPS) is 11.3. The van der Waals surface area contributed by atoms with Crippen molar-refractivity contribution in [2.45, 2.75) is 20.1 Å². The first-order valence-electron chi connectivity index (χ1n) is 3.88. The summed E-state index contributed by atoms with van der Waals surface area (Å²) in [6.45, 7) is 3.47. The highest BCUT2D eigenvalue weighted by molar-refractivity contribution is 7.15. The molecular weight excluding hydrogens is 231 g/mol. The molecule has 0 radical (unpaired) electrons. The molecule has 84 valence electrons. The average molecular weight is 239 g/mol. The molecule has 0 saturated carbocycles. The zero-order valence-electron chi connectivity index (χ0n) is 7.90. The van der Waals surface area contributed by atoms with Crippen LogP contribution < -0.4 is 10.6 Å². The maximum absolute atomic E-state index is 11.7. The first-order chi connectivity index (χ1) is 6.78. The summed E-state index contributed by atoms with van der Waals surface area (Å²) < 4.78 is 35.1. The minimum absolute atomic E-state index is 0.145. The van der Waals surface area contributed by atoms with Crippen LogP contribution in [0.1, 0.15) is 10.6 Å². The van der Waals surface area contributed by atoms with Gasteiger partial charge in [-0.3, -0.25) is 5.32 Å². The molecule has 15 heavy (non-hydrogen) atoms. The molecule has 0 saturated heterocycles. The number of rotatable bonds is 1. The molecule has 0 aromatic carbocycles. The smallest absolute Gasteiger partial charge is 0.283 e. The Bertz CT molecular complexity index is 355. The van der Waals surface area contributed by atoms with Gasteiger partial charge in [-0.15, -0.1) is 11.3 Å².